The van der Waals surface area contributed by atoms with Gasteiger partial charge in [-0.05, 0) is 36.8 Å². The third-order valence-electron chi connectivity index (χ3n) is 3.27. The molecule has 4 nitrogen and oxygen atoms in total. The summed E-state index contributed by atoms with van der Waals surface area (Å²) in [5, 5.41) is 3.30. The monoisotopic (exact) mass is 381 g/mol. The number of halogens is 2. The van der Waals surface area contributed by atoms with Crippen LogP contribution in [0.3, 0.4) is 0 Å². The van der Waals surface area contributed by atoms with Gasteiger partial charge >= 0.3 is 5.97 Å². The minimum absolute atomic E-state index is 0.0714. The predicted octanol–water partition coefficient (Wildman–Crippen LogP) is 3.99. The smallest absolute Gasteiger partial charge is 0.316 e. The first-order valence-corrected chi connectivity index (χ1v) is 8.90. The van der Waals surface area contributed by atoms with Gasteiger partial charge in [-0.25, -0.2) is 4.39 Å². The first kappa shape index (κ1) is 19.3. The van der Waals surface area contributed by atoms with Gasteiger partial charge in [0.05, 0.1) is 11.8 Å². The maximum Gasteiger partial charge on any atom is 0.316 e. The Balaban J connectivity index is 1.74. The van der Waals surface area contributed by atoms with Gasteiger partial charge in [0.15, 0.2) is 6.61 Å². The molecule has 2 aromatic carbocycles. The number of hydrogen-bond donors (Lipinski definition) is 1. The number of carbonyl (C=O) groups is 2. The van der Waals surface area contributed by atoms with E-state index in [4.69, 9.17) is 16.3 Å². The summed E-state index contributed by atoms with van der Waals surface area (Å²) in [5.41, 5.74) is 0.849. The lowest BCUT2D eigenvalue weighted by atomic mass is 10.1. The van der Waals surface area contributed by atoms with Crippen LogP contribution in [-0.2, 0) is 14.3 Å². The van der Waals surface area contributed by atoms with E-state index >= 15 is 0 Å². The highest BCUT2D eigenvalue weighted by molar-refractivity contribution is 8.00. The molecule has 1 N–H and O–H groups in total. The summed E-state index contributed by atoms with van der Waals surface area (Å²) in [5.74, 6) is -1.47. The van der Waals surface area contributed by atoms with E-state index in [1.807, 2.05) is 6.07 Å². The molecule has 1 amide bonds. The number of ether oxygens (including phenoxy) is 1. The number of carbonyl (C=O) groups excluding carboxylic acids is 2. The number of amides is 1. The third kappa shape index (κ3) is 6.40. The number of esters is 1. The highest BCUT2D eigenvalue weighted by Crippen LogP contribution is 2.21. The summed E-state index contributed by atoms with van der Waals surface area (Å²) in [6.07, 6.45) is 0. The number of nitrogens with one attached hydrogen (secondary N) is 1. The van der Waals surface area contributed by atoms with Gasteiger partial charge in [-0.15, -0.1) is 11.8 Å². The van der Waals surface area contributed by atoms with Crippen LogP contribution >= 0.6 is 23.4 Å². The second-order valence-corrected chi connectivity index (χ2v) is 6.68. The molecule has 0 radical (unpaired) electrons. The molecule has 1 atom stereocenters. The number of rotatable bonds is 7. The fourth-order valence-electron chi connectivity index (χ4n) is 2.03. The molecule has 0 fully saturated rings. The van der Waals surface area contributed by atoms with Gasteiger partial charge in [0.25, 0.3) is 5.91 Å². The van der Waals surface area contributed by atoms with E-state index in [9.17, 15) is 14.0 Å². The second-order valence-electron chi connectivity index (χ2n) is 5.22. The van der Waals surface area contributed by atoms with Crippen molar-refractivity contribution in [2.45, 2.75) is 17.9 Å². The quantitative estimate of drug-likeness (QED) is 0.582. The van der Waals surface area contributed by atoms with Crippen molar-refractivity contribution >= 4 is 35.2 Å². The van der Waals surface area contributed by atoms with Gasteiger partial charge in [0.1, 0.15) is 5.82 Å². The molecule has 2 rings (SSSR count). The van der Waals surface area contributed by atoms with Crippen LogP contribution in [0.5, 0.6) is 0 Å². The Morgan fingerprint density at radius 3 is 2.72 bits per heavy atom. The molecule has 0 spiro atoms. The molecule has 0 saturated carbocycles. The van der Waals surface area contributed by atoms with Crippen LogP contribution in [0, 0.1) is 5.82 Å². The van der Waals surface area contributed by atoms with E-state index in [1.165, 1.54) is 6.07 Å². The standard InChI is InChI=1S/C18H17ClFNO3S/c1-12(13-5-4-6-14(19)9-13)21-17(22)10-24-18(23)11-25-16-8-3-2-7-15(16)20/h2-9,12H,10-11H2,1H3,(H,21,22)/t12-/m1/s1. The van der Waals surface area contributed by atoms with E-state index in [0.717, 1.165) is 17.3 Å². The molecule has 25 heavy (non-hydrogen) atoms. The minimum atomic E-state index is -0.584. The normalized spacial score (nSPS) is 11.6. The van der Waals surface area contributed by atoms with Crippen molar-refractivity contribution in [2.24, 2.45) is 0 Å². The van der Waals surface area contributed by atoms with Crippen molar-refractivity contribution in [1.29, 1.82) is 0 Å². The Morgan fingerprint density at radius 2 is 2.00 bits per heavy atom. The van der Waals surface area contributed by atoms with Gasteiger partial charge < -0.3 is 10.1 Å². The van der Waals surface area contributed by atoms with Crippen molar-refractivity contribution in [3.63, 3.8) is 0 Å². The van der Waals surface area contributed by atoms with Crippen LogP contribution in [-0.4, -0.2) is 24.2 Å². The van der Waals surface area contributed by atoms with Gasteiger partial charge in [-0.2, -0.15) is 0 Å². The zero-order valence-electron chi connectivity index (χ0n) is 13.5. The van der Waals surface area contributed by atoms with Crippen molar-refractivity contribution in [3.8, 4) is 0 Å². The molecule has 0 heterocycles. The van der Waals surface area contributed by atoms with Crippen molar-refractivity contribution in [2.75, 3.05) is 12.4 Å². The van der Waals surface area contributed by atoms with E-state index in [-0.39, 0.29) is 18.4 Å². The van der Waals surface area contributed by atoms with Crippen molar-refractivity contribution in [1.82, 2.24) is 5.32 Å². The Morgan fingerprint density at radius 1 is 1.24 bits per heavy atom. The Labute approximate surface area is 154 Å². The Hall–Kier alpha value is -2.05. The zero-order valence-corrected chi connectivity index (χ0v) is 15.1. The average Bonchev–Trinajstić information content (AvgIpc) is 2.59. The molecule has 0 aliphatic heterocycles. The van der Waals surface area contributed by atoms with Crippen LogP contribution < -0.4 is 5.32 Å². The molecular formula is C18H17ClFNO3S. The molecule has 0 aromatic heterocycles. The molecule has 0 saturated heterocycles. The maximum absolute atomic E-state index is 13.4. The average molecular weight is 382 g/mol. The van der Waals surface area contributed by atoms with Gasteiger partial charge in [0, 0.05) is 9.92 Å². The summed E-state index contributed by atoms with van der Waals surface area (Å²) in [6.45, 7) is 1.42. The molecule has 0 unspecified atom stereocenters. The van der Waals surface area contributed by atoms with Crippen LogP contribution in [0.15, 0.2) is 53.4 Å². The van der Waals surface area contributed by atoms with Crippen LogP contribution in [0.25, 0.3) is 0 Å². The summed E-state index contributed by atoms with van der Waals surface area (Å²) >= 11 is 6.94. The Bertz CT molecular complexity index is 757. The molecule has 0 aliphatic carbocycles. The predicted molar refractivity (Wildman–Crippen MR) is 96.1 cm³/mol. The maximum atomic E-state index is 13.4. The Kier molecular flexibility index (Phi) is 7.28. The summed E-state index contributed by atoms with van der Waals surface area (Å²) in [4.78, 5) is 23.9. The lowest BCUT2D eigenvalue weighted by Crippen LogP contribution is -2.31. The highest BCUT2D eigenvalue weighted by atomic mass is 35.5. The minimum Gasteiger partial charge on any atom is -0.455 e. The van der Waals surface area contributed by atoms with E-state index in [2.05, 4.69) is 5.32 Å². The number of hydrogen-bond acceptors (Lipinski definition) is 4. The molecular weight excluding hydrogens is 365 g/mol. The number of benzene rings is 2. The first-order valence-electron chi connectivity index (χ1n) is 7.53. The van der Waals surface area contributed by atoms with E-state index in [0.29, 0.717) is 9.92 Å². The highest BCUT2D eigenvalue weighted by Gasteiger charge is 2.13. The fraction of sp³-hybridized carbons (Fsp3) is 0.222. The molecule has 7 heteroatoms. The molecule has 2 aromatic rings. The molecule has 0 aliphatic rings. The zero-order chi connectivity index (χ0) is 18.2. The first-order chi connectivity index (χ1) is 12.0. The largest absolute Gasteiger partial charge is 0.455 e. The van der Waals surface area contributed by atoms with Crippen LogP contribution in [0.1, 0.15) is 18.5 Å². The van der Waals surface area contributed by atoms with E-state index < -0.39 is 17.7 Å². The second kappa shape index (κ2) is 9.44. The van der Waals surface area contributed by atoms with Crippen LogP contribution in [0.4, 0.5) is 4.39 Å². The topological polar surface area (TPSA) is 55.4 Å². The summed E-state index contributed by atoms with van der Waals surface area (Å²) < 4.78 is 18.3. The molecule has 0 bridgehead atoms. The van der Waals surface area contributed by atoms with Gasteiger partial charge in [-0.1, -0.05) is 35.9 Å². The van der Waals surface area contributed by atoms with E-state index in [1.54, 1.807) is 43.3 Å². The SMILES string of the molecule is C[C@@H](NC(=O)COC(=O)CSc1ccccc1F)c1cccc(Cl)c1. The van der Waals surface area contributed by atoms with Gasteiger partial charge in [-0.3, -0.25) is 9.59 Å². The molecule has 132 valence electrons. The third-order valence-corrected chi connectivity index (χ3v) is 4.53. The lowest BCUT2D eigenvalue weighted by Gasteiger charge is -2.14. The lowest BCUT2D eigenvalue weighted by molar-refractivity contribution is -0.146. The summed E-state index contributed by atoms with van der Waals surface area (Å²) in [7, 11) is 0. The number of thioether (sulfide) groups is 1. The summed E-state index contributed by atoms with van der Waals surface area (Å²) in [6, 6.07) is 13.0. The fourth-order valence-corrected chi connectivity index (χ4v) is 2.96. The van der Waals surface area contributed by atoms with Gasteiger partial charge in [0.2, 0.25) is 0 Å². The van der Waals surface area contributed by atoms with Crippen molar-refractivity contribution in [3.05, 3.63) is 64.9 Å². The van der Waals surface area contributed by atoms with Crippen LogP contribution in [0.2, 0.25) is 5.02 Å². The van der Waals surface area contributed by atoms with Crippen molar-refractivity contribution < 1.29 is 18.7 Å².